The summed E-state index contributed by atoms with van der Waals surface area (Å²) >= 11 is 0. The van der Waals surface area contributed by atoms with Crippen molar-refractivity contribution in [3.05, 3.63) is 77.3 Å². The Morgan fingerprint density at radius 3 is 2.47 bits per heavy atom. The molecule has 1 fully saturated rings. The molecular weight excluding hydrogens is 406 g/mol. The molecule has 1 aliphatic carbocycles. The van der Waals surface area contributed by atoms with Crippen molar-refractivity contribution in [1.82, 2.24) is 10.6 Å². The molecule has 0 bridgehead atoms. The van der Waals surface area contributed by atoms with E-state index in [0.29, 0.717) is 18.7 Å². The van der Waals surface area contributed by atoms with Crippen LogP contribution in [-0.4, -0.2) is 31.0 Å². The minimum atomic E-state index is -0.407. The minimum Gasteiger partial charge on any atom is -0.450 e. The predicted molar refractivity (Wildman–Crippen MR) is 120 cm³/mol. The molecule has 2 aromatic rings. The van der Waals surface area contributed by atoms with Crippen molar-refractivity contribution < 1.29 is 19.6 Å². The molecule has 2 amide bonds. The molecule has 0 aliphatic heterocycles. The average molecular weight is 437 g/mol. The van der Waals surface area contributed by atoms with Gasteiger partial charge in [-0.1, -0.05) is 30.3 Å². The number of quaternary nitrogens is 1. The molecular formula is C24H30N5O3+. The summed E-state index contributed by atoms with van der Waals surface area (Å²) in [6, 6.07) is 17.2. The maximum Gasteiger partial charge on any atom is 0.327 e. The maximum absolute atomic E-state index is 12.6. The molecule has 0 radical (unpaired) electrons. The van der Waals surface area contributed by atoms with Gasteiger partial charge in [0.15, 0.2) is 0 Å². The van der Waals surface area contributed by atoms with Gasteiger partial charge < -0.3 is 15.4 Å². The van der Waals surface area contributed by atoms with E-state index in [1.54, 1.807) is 29.6 Å². The molecule has 8 heteroatoms. The van der Waals surface area contributed by atoms with Crippen molar-refractivity contribution in [3.63, 3.8) is 0 Å². The molecule has 8 nitrogen and oxygen atoms in total. The van der Waals surface area contributed by atoms with Crippen LogP contribution < -0.4 is 16.0 Å². The zero-order valence-electron chi connectivity index (χ0n) is 18.3. The van der Waals surface area contributed by atoms with E-state index in [9.17, 15) is 9.59 Å². The average Bonchev–Trinajstić information content (AvgIpc) is 3.62. The Morgan fingerprint density at radius 1 is 1.12 bits per heavy atom. The van der Waals surface area contributed by atoms with Gasteiger partial charge in [-0.2, -0.15) is 0 Å². The number of aryl methyl sites for hydroxylation is 1. The fourth-order valence-electron chi connectivity index (χ4n) is 3.13. The molecule has 168 valence electrons. The zero-order valence-corrected chi connectivity index (χ0v) is 18.3. The quantitative estimate of drug-likeness (QED) is 0.135. The molecule has 2 aromatic carbocycles. The van der Waals surface area contributed by atoms with Crippen LogP contribution in [0.5, 0.6) is 0 Å². The summed E-state index contributed by atoms with van der Waals surface area (Å²) in [5, 5.41) is 10.8. The van der Waals surface area contributed by atoms with Crippen LogP contribution in [0.4, 0.5) is 5.69 Å². The molecule has 0 spiro atoms. The number of carbonyl (C=O) groups excluding carboxylic acids is 2. The van der Waals surface area contributed by atoms with Crippen LogP contribution in [0.1, 0.15) is 42.1 Å². The first kappa shape index (κ1) is 23.1. The standard InChI is InChI=1S/C24H29N5O3/c1-2-26-22(30)18-10-12-20(13-11-18)28-24(21(29-25)23(31)27-19-14-15-19)32-16-6-9-17-7-4-3-5-8-17/h3-5,7-8,10-13,19,25,28H,2,6,9,14-16H2,1H3,(H,26,30)(H,27,31)/p+1/b24-21+,29-25?. The van der Waals surface area contributed by atoms with Crippen molar-refractivity contribution in [1.29, 1.82) is 5.53 Å². The third kappa shape index (κ3) is 7.02. The lowest BCUT2D eigenvalue weighted by atomic mass is 10.1. The Labute approximate surface area is 187 Å². The SMILES string of the molecule is CCNC(=O)c1ccc([NH2+]/C(OCCCc2ccccc2)=C(\N=N)C(=O)NC2CC2)cc1. The lowest BCUT2D eigenvalue weighted by molar-refractivity contribution is -0.552. The van der Waals surface area contributed by atoms with Gasteiger partial charge in [0.1, 0.15) is 5.69 Å². The Kier molecular flexibility index (Phi) is 8.51. The Morgan fingerprint density at radius 2 is 1.84 bits per heavy atom. The highest BCUT2D eigenvalue weighted by Gasteiger charge is 2.28. The fourth-order valence-corrected chi connectivity index (χ4v) is 3.13. The molecule has 0 saturated heterocycles. The van der Waals surface area contributed by atoms with Gasteiger partial charge in [0, 0.05) is 30.3 Å². The third-order valence-electron chi connectivity index (χ3n) is 4.99. The van der Waals surface area contributed by atoms with E-state index < -0.39 is 5.91 Å². The van der Waals surface area contributed by atoms with Crippen LogP contribution in [0.2, 0.25) is 0 Å². The largest absolute Gasteiger partial charge is 0.450 e. The molecule has 1 saturated carbocycles. The lowest BCUT2D eigenvalue weighted by Gasteiger charge is -2.11. The number of amides is 2. The molecule has 32 heavy (non-hydrogen) atoms. The zero-order chi connectivity index (χ0) is 22.8. The van der Waals surface area contributed by atoms with Crippen molar-refractivity contribution in [3.8, 4) is 0 Å². The summed E-state index contributed by atoms with van der Waals surface area (Å²) in [6.07, 6.45) is 3.48. The van der Waals surface area contributed by atoms with Crippen molar-refractivity contribution >= 4 is 17.5 Å². The number of benzene rings is 2. The molecule has 0 unspecified atom stereocenters. The van der Waals surface area contributed by atoms with Gasteiger partial charge in [0.2, 0.25) is 5.70 Å². The monoisotopic (exact) mass is 436 g/mol. The smallest absolute Gasteiger partial charge is 0.327 e. The van der Waals surface area contributed by atoms with Crippen molar-refractivity contribution in [2.75, 3.05) is 13.2 Å². The molecule has 3 rings (SSSR count). The topological polar surface area (TPSA) is 120 Å². The number of carbonyl (C=O) groups is 2. The van der Waals surface area contributed by atoms with Crippen LogP contribution in [0.3, 0.4) is 0 Å². The predicted octanol–water partition coefficient (Wildman–Crippen LogP) is 2.76. The number of nitrogens with zero attached hydrogens (tertiary/aromatic N) is 1. The molecule has 0 heterocycles. The summed E-state index contributed by atoms with van der Waals surface area (Å²) in [4.78, 5) is 24.6. The van der Waals surface area contributed by atoms with E-state index in [2.05, 4.69) is 27.9 Å². The van der Waals surface area contributed by atoms with E-state index in [4.69, 9.17) is 10.3 Å². The maximum atomic E-state index is 12.6. The van der Waals surface area contributed by atoms with Gasteiger partial charge in [-0.05, 0) is 50.3 Å². The van der Waals surface area contributed by atoms with Crippen LogP contribution >= 0.6 is 0 Å². The van der Waals surface area contributed by atoms with E-state index in [0.717, 1.165) is 31.4 Å². The van der Waals surface area contributed by atoms with Gasteiger partial charge in [-0.15, -0.1) is 5.11 Å². The Bertz CT molecular complexity index is 953. The minimum absolute atomic E-state index is 0.0515. The molecule has 1 aliphatic rings. The second-order valence-electron chi connectivity index (χ2n) is 7.64. The van der Waals surface area contributed by atoms with Gasteiger partial charge in [-0.25, -0.2) is 10.8 Å². The second-order valence-corrected chi connectivity index (χ2v) is 7.64. The summed E-state index contributed by atoms with van der Waals surface area (Å²) in [6.45, 7) is 2.80. The van der Waals surface area contributed by atoms with Gasteiger partial charge in [0.05, 0.1) is 6.61 Å². The lowest BCUT2D eigenvalue weighted by Crippen LogP contribution is -2.77. The second kappa shape index (κ2) is 11.8. The highest BCUT2D eigenvalue weighted by atomic mass is 16.5. The van der Waals surface area contributed by atoms with Gasteiger partial charge in [0.25, 0.3) is 11.8 Å². The number of ether oxygens (including phenoxy) is 1. The van der Waals surface area contributed by atoms with Crippen molar-refractivity contribution in [2.24, 2.45) is 5.11 Å². The summed E-state index contributed by atoms with van der Waals surface area (Å²) in [7, 11) is 0. The number of hydrogen-bond acceptors (Lipinski definition) is 5. The fraction of sp³-hybridized carbons (Fsp3) is 0.333. The molecule has 0 atom stereocenters. The van der Waals surface area contributed by atoms with Crippen LogP contribution in [0, 0.1) is 5.53 Å². The van der Waals surface area contributed by atoms with E-state index in [-0.39, 0.29) is 23.5 Å². The van der Waals surface area contributed by atoms with Crippen molar-refractivity contribution in [2.45, 2.75) is 38.6 Å². The normalized spacial score (nSPS) is 13.7. The summed E-state index contributed by atoms with van der Waals surface area (Å²) < 4.78 is 5.93. The highest BCUT2D eigenvalue weighted by Crippen LogP contribution is 2.20. The first-order chi connectivity index (χ1) is 15.6. The number of hydrogen-bond donors (Lipinski definition) is 4. The highest BCUT2D eigenvalue weighted by molar-refractivity contribution is 5.94. The number of nitrogens with two attached hydrogens (primary N) is 1. The summed E-state index contributed by atoms with van der Waals surface area (Å²) in [5.74, 6) is -0.301. The van der Waals surface area contributed by atoms with Crippen LogP contribution in [0.15, 0.2) is 71.3 Å². The Hall–Kier alpha value is -3.52. The summed E-state index contributed by atoms with van der Waals surface area (Å²) in [5.41, 5.74) is 10.0. The van der Waals surface area contributed by atoms with Crippen LogP contribution in [-0.2, 0) is 16.0 Å². The number of rotatable bonds is 12. The Balaban J connectivity index is 1.70. The van der Waals surface area contributed by atoms with E-state index in [1.807, 2.05) is 25.1 Å². The van der Waals surface area contributed by atoms with Crippen LogP contribution in [0.25, 0.3) is 0 Å². The van der Waals surface area contributed by atoms with Gasteiger partial charge in [-0.3, -0.25) is 9.59 Å². The first-order valence-electron chi connectivity index (χ1n) is 10.9. The first-order valence-corrected chi connectivity index (χ1v) is 10.9. The third-order valence-corrected chi connectivity index (χ3v) is 4.99. The molecule has 5 N–H and O–H groups in total. The van der Waals surface area contributed by atoms with E-state index >= 15 is 0 Å². The number of nitrogens with one attached hydrogen (secondary N) is 3. The molecule has 0 aromatic heterocycles. The van der Waals surface area contributed by atoms with Gasteiger partial charge >= 0.3 is 5.88 Å². The van der Waals surface area contributed by atoms with E-state index in [1.165, 1.54) is 5.56 Å².